The Kier molecular flexibility index (Phi) is 6.73. The topological polar surface area (TPSA) is 83.2 Å². The monoisotopic (exact) mass is 469 g/mol. The summed E-state index contributed by atoms with van der Waals surface area (Å²) in [5, 5.41) is 3.91. The number of carbonyl (C=O) groups is 1. The first-order valence-corrected chi connectivity index (χ1v) is 9.56. The van der Waals surface area contributed by atoms with Crippen molar-refractivity contribution in [3.8, 4) is 16.9 Å². The Morgan fingerprint density at radius 3 is 2.50 bits per heavy atom. The van der Waals surface area contributed by atoms with Crippen LogP contribution in [-0.4, -0.2) is 17.6 Å². The average Bonchev–Trinajstić information content (AvgIpc) is 2.72. The number of benzene rings is 2. The molecule has 3 rings (SSSR count). The van der Waals surface area contributed by atoms with Crippen molar-refractivity contribution in [3.63, 3.8) is 0 Å². The summed E-state index contributed by atoms with van der Waals surface area (Å²) in [4.78, 5) is 26.3. The third kappa shape index (κ3) is 5.38. The van der Waals surface area contributed by atoms with E-state index < -0.39 is 34.2 Å². The molecule has 168 valence electrons. The molecule has 6 nitrogen and oxygen atoms in total. The predicted octanol–water partition coefficient (Wildman–Crippen LogP) is 5.90. The van der Waals surface area contributed by atoms with Crippen LogP contribution in [0.4, 0.5) is 33.7 Å². The van der Waals surface area contributed by atoms with Gasteiger partial charge in [0.25, 0.3) is 5.56 Å². The Morgan fingerprint density at radius 1 is 1.09 bits per heavy atom. The van der Waals surface area contributed by atoms with E-state index in [1.165, 1.54) is 30.5 Å². The van der Waals surface area contributed by atoms with E-state index in [2.05, 4.69) is 15.6 Å². The molecule has 2 amide bonds. The maximum absolute atomic E-state index is 14.5. The third-order valence-electron chi connectivity index (χ3n) is 4.25. The van der Waals surface area contributed by atoms with Crippen molar-refractivity contribution in [2.24, 2.45) is 0 Å². The lowest BCUT2D eigenvalue weighted by Crippen LogP contribution is -2.20. The number of rotatable bonds is 5. The zero-order chi connectivity index (χ0) is 23.5. The summed E-state index contributed by atoms with van der Waals surface area (Å²) < 4.78 is 58.6. The molecule has 3 N–H and O–H groups in total. The summed E-state index contributed by atoms with van der Waals surface area (Å²) in [6.45, 7) is 1.99. The summed E-state index contributed by atoms with van der Waals surface area (Å²) in [6, 6.07) is 7.25. The number of aromatic nitrogens is 1. The smallest absolute Gasteiger partial charge is 0.417 e. The van der Waals surface area contributed by atoms with Crippen molar-refractivity contribution >= 4 is 29.0 Å². The van der Waals surface area contributed by atoms with Crippen LogP contribution in [0, 0.1) is 5.82 Å². The summed E-state index contributed by atoms with van der Waals surface area (Å²) in [7, 11) is 0. The van der Waals surface area contributed by atoms with Gasteiger partial charge in [0.2, 0.25) is 0 Å². The van der Waals surface area contributed by atoms with Gasteiger partial charge in [0.05, 0.1) is 22.9 Å². The molecule has 1 heterocycles. The van der Waals surface area contributed by atoms with Crippen LogP contribution in [0.2, 0.25) is 5.02 Å². The highest BCUT2D eigenvalue weighted by atomic mass is 35.5. The van der Waals surface area contributed by atoms with Crippen LogP contribution in [0.5, 0.6) is 5.75 Å². The molecular formula is C21H16ClF4N3O3. The van der Waals surface area contributed by atoms with E-state index in [-0.39, 0.29) is 23.7 Å². The molecule has 0 unspecified atom stereocenters. The highest BCUT2D eigenvalue weighted by Gasteiger charge is 2.33. The van der Waals surface area contributed by atoms with Crippen LogP contribution in [-0.2, 0) is 6.18 Å². The van der Waals surface area contributed by atoms with E-state index in [0.29, 0.717) is 17.2 Å². The van der Waals surface area contributed by atoms with Gasteiger partial charge in [-0.05, 0) is 48.9 Å². The van der Waals surface area contributed by atoms with Gasteiger partial charge in [-0.25, -0.2) is 9.18 Å². The van der Waals surface area contributed by atoms with E-state index in [0.717, 1.165) is 12.1 Å². The van der Waals surface area contributed by atoms with E-state index in [1.54, 1.807) is 6.92 Å². The highest BCUT2D eigenvalue weighted by Crippen LogP contribution is 2.36. The lowest BCUT2D eigenvalue weighted by atomic mass is 10.1. The van der Waals surface area contributed by atoms with Crippen molar-refractivity contribution < 1.29 is 27.1 Å². The number of anilines is 2. The maximum Gasteiger partial charge on any atom is 0.417 e. The fourth-order valence-electron chi connectivity index (χ4n) is 2.79. The van der Waals surface area contributed by atoms with Crippen molar-refractivity contribution in [1.29, 1.82) is 0 Å². The molecule has 11 heteroatoms. The van der Waals surface area contributed by atoms with Crippen molar-refractivity contribution in [2.45, 2.75) is 13.1 Å². The van der Waals surface area contributed by atoms with Gasteiger partial charge < -0.3 is 20.4 Å². The van der Waals surface area contributed by atoms with Crippen LogP contribution in [0.15, 0.2) is 53.5 Å². The first kappa shape index (κ1) is 23.1. The molecule has 0 fully saturated rings. The molecule has 2 aromatic carbocycles. The van der Waals surface area contributed by atoms with Crippen LogP contribution < -0.4 is 20.9 Å². The molecule has 0 atom stereocenters. The number of pyridine rings is 1. The van der Waals surface area contributed by atoms with Gasteiger partial charge in [-0.2, -0.15) is 13.2 Å². The highest BCUT2D eigenvalue weighted by molar-refractivity contribution is 6.31. The van der Waals surface area contributed by atoms with Gasteiger partial charge in [-0.1, -0.05) is 17.7 Å². The normalized spacial score (nSPS) is 11.2. The summed E-state index contributed by atoms with van der Waals surface area (Å²) >= 11 is 5.54. The molecule has 0 aliphatic carbocycles. The Labute approximate surface area is 184 Å². The molecule has 0 spiro atoms. The Hall–Kier alpha value is -3.53. The van der Waals surface area contributed by atoms with Crippen LogP contribution in [0.3, 0.4) is 0 Å². The van der Waals surface area contributed by atoms with E-state index >= 15 is 0 Å². The second-order valence-corrected chi connectivity index (χ2v) is 6.89. The fraction of sp³-hybridized carbons (Fsp3) is 0.143. The van der Waals surface area contributed by atoms with Gasteiger partial charge in [0.1, 0.15) is 5.82 Å². The van der Waals surface area contributed by atoms with Crippen molar-refractivity contribution in [1.82, 2.24) is 4.98 Å². The summed E-state index contributed by atoms with van der Waals surface area (Å²) in [5.74, 6) is -0.720. The molecule has 1 aromatic heterocycles. The number of amides is 2. The molecule has 0 aliphatic heterocycles. The average molecular weight is 470 g/mol. The lowest BCUT2D eigenvalue weighted by molar-refractivity contribution is -0.137. The van der Waals surface area contributed by atoms with Crippen molar-refractivity contribution in [3.05, 3.63) is 75.4 Å². The minimum absolute atomic E-state index is 0.0770. The van der Waals surface area contributed by atoms with E-state index in [9.17, 15) is 27.2 Å². The van der Waals surface area contributed by atoms with Gasteiger partial charge in [-0.3, -0.25) is 4.79 Å². The van der Waals surface area contributed by atoms with Gasteiger partial charge in [0.15, 0.2) is 5.75 Å². The minimum atomic E-state index is -4.70. The molecule has 0 radical (unpaired) electrons. The number of halogens is 5. The number of hydrogen-bond donors (Lipinski definition) is 3. The van der Waals surface area contributed by atoms with Crippen molar-refractivity contribution in [2.75, 3.05) is 17.2 Å². The molecule has 32 heavy (non-hydrogen) atoms. The van der Waals surface area contributed by atoms with Crippen LogP contribution >= 0.6 is 11.6 Å². The number of ether oxygens (including phenoxy) is 1. The van der Waals surface area contributed by atoms with Gasteiger partial charge in [0, 0.05) is 17.4 Å². The van der Waals surface area contributed by atoms with Crippen LogP contribution in [0.25, 0.3) is 11.1 Å². The quantitative estimate of drug-likeness (QED) is 0.407. The Bertz CT molecular complexity index is 1210. The van der Waals surface area contributed by atoms with Gasteiger partial charge >= 0.3 is 12.2 Å². The van der Waals surface area contributed by atoms with Gasteiger partial charge in [-0.15, -0.1) is 0 Å². The largest absolute Gasteiger partial charge is 0.488 e. The fourth-order valence-corrected chi connectivity index (χ4v) is 3.02. The van der Waals surface area contributed by atoms with E-state index in [4.69, 9.17) is 16.3 Å². The second-order valence-electron chi connectivity index (χ2n) is 6.48. The first-order chi connectivity index (χ1) is 15.1. The Morgan fingerprint density at radius 2 is 1.84 bits per heavy atom. The Balaban J connectivity index is 1.76. The summed E-state index contributed by atoms with van der Waals surface area (Å²) in [5.41, 5.74) is -1.04. The molecule has 0 saturated carbocycles. The molecule has 0 aliphatic rings. The second kappa shape index (κ2) is 9.31. The number of nitrogens with one attached hydrogen (secondary N) is 3. The number of H-pyrrole nitrogens is 1. The number of carbonyl (C=O) groups excluding carboxylic acids is 1. The predicted molar refractivity (Wildman–Crippen MR) is 113 cm³/mol. The SMILES string of the molecule is CCOc1cc(-c2ccc(NC(=O)Nc3ccc(Cl)c(C(F)(F)F)c3)c(F)c2)c[nH]c1=O. The molecule has 0 bridgehead atoms. The molecular weight excluding hydrogens is 454 g/mol. The number of alkyl halides is 3. The first-order valence-electron chi connectivity index (χ1n) is 9.18. The lowest BCUT2D eigenvalue weighted by Gasteiger charge is -2.13. The van der Waals surface area contributed by atoms with E-state index in [1.807, 2.05) is 0 Å². The maximum atomic E-state index is 14.5. The summed E-state index contributed by atoms with van der Waals surface area (Å²) in [6.07, 6.45) is -3.31. The number of hydrogen-bond acceptors (Lipinski definition) is 3. The molecule has 0 saturated heterocycles. The van der Waals surface area contributed by atoms with Crippen LogP contribution in [0.1, 0.15) is 12.5 Å². The number of aromatic amines is 1. The number of urea groups is 1. The minimum Gasteiger partial charge on any atom is -0.488 e. The zero-order valence-corrected chi connectivity index (χ0v) is 17.2. The zero-order valence-electron chi connectivity index (χ0n) is 16.4. The molecule has 3 aromatic rings. The third-order valence-corrected chi connectivity index (χ3v) is 4.58. The standard InChI is InChI=1S/C21H16ClF4N3O3/c1-2-32-18-8-12(10-27-19(18)30)11-3-6-17(16(23)7-11)29-20(31)28-13-4-5-15(22)14(9-13)21(24,25)26/h3-10H,2H2,1H3,(H,27,30)(H2,28,29,31).